The molecule has 0 fully saturated rings. The van der Waals surface area contributed by atoms with Gasteiger partial charge in [0, 0.05) is 16.3 Å². The van der Waals surface area contributed by atoms with Crippen LogP contribution in [0.4, 0.5) is 0 Å². The van der Waals surface area contributed by atoms with Gasteiger partial charge in [-0.15, -0.1) is 11.8 Å². The molecule has 0 aliphatic rings. The molecule has 1 heterocycles. The number of furan rings is 1. The standard InChI is InChI=1S/C21H18Cl2N2O2S/c1-14(28-13-15-5-3-2-4-6-15)21(26)25-24-12-17-8-10-20(27-17)18-9-7-16(22)11-19(18)23/h2-12,14H,13H2,1H3,(H,25,26). The lowest BCUT2D eigenvalue weighted by Crippen LogP contribution is -2.26. The number of amides is 1. The summed E-state index contributed by atoms with van der Waals surface area (Å²) in [6.45, 7) is 1.85. The molecule has 0 spiro atoms. The Morgan fingerprint density at radius 2 is 1.96 bits per heavy atom. The average Bonchev–Trinajstić information content (AvgIpc) is 3.15. The van der Waals surface area contributed by atoms with Crippen LogP contribution in [0.3, 0.4) is 0 Å². The highest BCUT2D eigenvalue weighted by Gasteiger charge is 2.13. The van der Waals surface area contributed by atoms with Gasteiger partial charge in [0.25, 0.3) is 5.91 Å². The SMILES string of the molecule is CC(SCc1ccccc1)C(=O)NN=Cc1ccc(-c2ccc(Cl)cc2Cl)o1. The molecule has 0 aliphatic heterocycles. The Morgan fingerprint density at radius 3 is 2.71 bits per heavy atom. The van der Waals surface area contributed by atoms with Gasteiger partial charge in [0.2, 0.25) is 0 Å². The molecule has 3 rings (SSSR count). The van der Waals surface area contributed by atoms with E-state index in [0.29, 0.717) is 21.6 Å². The molecular formula is C21H18Cl2N2O2S. The number of hydrogen-bond donors (Lipinski definition) is 1. The molecule has 3 aromatic rings. The summed E-state index contributed by atoms with van der Waals surface area (Å²) in [6, 6.07) is 18.8. The number of hydrogen-bond acceptors (Lipinski definition) is 4. The van der Waals surface area contributed by atoms with Crippen LogP contribution in [0.5, 0.6) is 0 Å². The summed E-state index contributed by atoms with van der Waals surface area (Å²) >= 11 is 13.7. The summed E-state index contributed by atoms with van der Waals surface area (Å²) in [4.78, 5) is 12.2. The Morgan fingerprint density at radius 1 is 1.18 bits per heavy atom. The van der Waals surface area contributed by atoms with Crippen LogP contribution in [0.15, 0.2) is 70.2 Å². The van der Waals surface area contributed by atoms with Crippen molar-refractivity contribution in [3.8, 4) is 11.3 Å². The van der Waals surface area contributed by atoms with E-state index in [1.807, 2.05) is 37.3 Å². The first kappa shape index (κ1) is 20.5. The Hall–Kier alpha value is -2.21. The maximum Gasteiger partial charge on any atom is 0.252 e. The summed E-state index contributed by atoms with van der Waals surface area (Å²) in [5.74, 6) is 1.71. The van der Waals surface area contributed by atoms with Crippen molar-refractivity contribution in [1.29, 1.82) is 0 Å². The van der Waals surface area contributed by atoms with Gasteiger partial charge in [-0.25, -0.2) is 5.43 Å². The molecule has 1 amide bonds. The average molecular weight is 433 g/mol. The lowest BCUT2D eigenvalue weighted by Gasteiger charge is -2.09. The molecule has 1 unspecified atom stereocenters. The first-order valence-corrected chi connectivity index (χ1v) is 10.4. The van der Waals surface area contributed by atoms with Gasteiger partial charge in [0.05, 0.1) is 16.5 Å². The van der Waals surface area contributed by atoms with Crippen LogP contribution in [0, 0.1) is 0 Å². The van der Waals surface area contributed by atoms with Gasteiger partial charge < -0.3 is 4.42 Å². The van der Waals surface area contributed by atoms with Crippen molar-refractivity contribution in [2.75, 3.05) is 0 Å². The number of nitrogens with one attached hydrogen (secondary N) is 1. The van der Waals surface area contributed by atoms with Crippen LogP contribution < -0.4 is 5.43 Å². The monoisotopic (exact) mass is 432 g/mol. The van der Waals surface area contributed by atoms with Crippen LogP contribution >= 0.6 is 35.0 Å². The van der Waals surface area contributed by atoms with Gasteiger partial charge in [-0.1, -0.05) is 53.5 Å². The van der Waals surface area contributed by atoms with Gasteiger partial charge in [-0.3, -0.25) is 4.79 Å². The summed E-state index contributed by atoms with van der Waals surface area (Å²) in [6.07, 6.45) is 1.46. The minimum Gasteiger partial charge on any atom is -0.455 e. The van der Waals surface area contributed by atoms with E-state index in [0.717, 1.165) is 11.3 Å². The van der Waals surface area contributed by atoms with Crippen molar-refractivity contribution >= 4 is 47.1 Å². The van der Waals surface area contributed by atoms with Crippen molar-refractivity contribution in [3.05, 3.63) is 82.0 Å². The molecule has 0 aliphatic carbocycles. The fourth-order valence-corrected chi connectivity index (χ4v) is 3.72. The zero-order valence-electron chi connectivity index (χ0n) is 15.1. The first-order chi connectivity index (χ1) is 13.5. The highest BCUT2D eigenvalue weighted by Crippen LogP contribution is 2.31. The molecular weight excluding hydrogens is 415 g/mol. The molecule has 1 aromatic heterocycles. The number of halogens is 2. The van der Waals surface area contributed by atoms with Crippen molar-refractivity contribution < 1.29 is 9.21 Å². The van der Waals surface area contributed by atoms with Gasteiger partial charge in [-0.2, -0.15) is 5.10 Å². The molecule has 0 radical (unpaired) electrons. The number of rotatable bonds is 7. The van der Waals surface area contributed by atoms with E-state index in [1.54, 1.807) is 42.1 Å². The second kappa shape index (κ2) is 9.82. The Balaban J connectivity index is 1.53. The quantitative estimate of drug-likeness (QED) is 0.366. The maximum atomic E-state index is 12.2. The number of hydrazone groups is 1. The van der Waals surface area contributed by atoms with Crippen LogP contribution in [0.2, 0.25) is 10.0 Å². The zero-order valence-corrected chi connectivity index (χ0v) is 17.4. The second-order valence-electron chi connectivity index (χ2n) is 6.00. The number of carbonyl (C=O) groups excluding carboxylic acids is 1. The molecule has 28 heavy (non-hydrogen) atoms. The van der Waals surface area contributed by atoms with Crippen molar-refractivity contribution in [2.45, 2.75) is 17.9 Å². The number of nitrogens with zero attached hydrogens (tertiary/aromatic N) is 1. The van der Waals surface area contributed by atoms with Gasteiger partial charge in [0.1, 0.15) is 11.5 Å². The van der Waals surface area contributed by atoms with Crippen molar-refractivity contribution in [3.63, 3.8) is 0 Å². The molecule has 0 bridgehead atoms. The largest absolute Gasteiger partial charge is 0.455 e. The summed E-state index contributed by atoms with van der Waals surface area (Å²) in [5, 5.41) is 4.81. The van der Waals surface area contributed by atoms with Crippen molar-refractivity contribution in [1.82, 2.24) is 5.43 Å². The van der Waals surface area contributed by atoms with Gasteiger partial charge in [-0.05, 0) is 42.8 Å². The molecule has 4 nitrogen and oxygen atoms in total. The third-order valence-electron chi connectivity index (χ3n) is 3.90. The van der Waals surface area contributed by atoms with E-state index >= 15 is 0 Å². The predicted octanol–water partition coefficient (Wildman–Crippen LogP) is 6.03. The molecule has 0 saturated carbocycles. The number of carbonyl (C=O) groups is 1. The smallest absolute Gasteiger partial charge is 0.252 e. The third kappa shape index (κ3) is 5.64. The molecule has 2 aromatic carbocycles. The zero-order chi connectivity index (χ0) is 19.9. The van der Waals surface area contributed by atoms with Crippen molar-refractivity contribution in [2.24, 2.45) is 5.10 Å². The Labute approximate surface area is 177 Å². The highest BCUT2D eigenvalue weighted by atomic mass is 35.5. The Bertz CT molecular complexity index is 974. The minimum absolute atomic E-state index is 0.162. The fraction of sp³-hybridized carbons (Fsp3) is 0.143. The molecule has 1 atom stereocenters. The maximum absolute atomic E-state index is 12.2. The number of benzene rings is 2. The molecule has 144 valence electrons. The summed E-state index contributed by atoms with van der Waals surface area (Å²) in [5.41, 5.74) is 4.46. The summed E-state index contributed by atoms with van der Waals surface area (Å²) in [7, 11) is 0. The lowest BCUT2D eigenvalue weighted by atomic mass is 10.2. The van der Waals surface area contributed by atoms with E-state index in [-0.39, 0.29) is 11.2 Å². The van der Waals surface area contributed by atoms with E-state index in [1.165, 1.54) is 11.8 Å². The second-order valence-corrected chi connectivity index (χ2v) is 8.17. The van der Waals surface area contributed by atoms with Crippen LogP contribution in [-0.4, -0.2) is 17.4 Å². The van der Waals surface area contributed by atoms with Crippen LogP contribution in [-0.2, 0) is 10.5 Å². The fourth-order valence-electron chi connectivity index (χ4n) is 2.38. The van der Waals surface area contributed by atoms with E-state index in [9.17, 15) is 4.79 Å². The Kier molecular flexibility index (Phi) is 7.20. The van der Waals surface area contributed by atoms with Gasteiger partial charge >= 0.3 is 0 Å². The predicted molar refractivity (Wildman–Crippen MR) is 117 cm³/mol. The van der Waals surface area contributed by atoms with Gasteiger partial charge in [0.15, 0.2) is 0 Å². The van der Waals surface area contributed by atoms with E-state index < -0.39 is 0 Å². The first-order valence-electron chi connectivity index (χ1n) is 8.56. The number of thioether (sulfide) groups is 1. The van der Waals surface area contributed by atoms with E-state index in [4.69, 9.17) is 27.6 Å². The molecule has 1 N–H and O–H groups in total. The van der Waals surface area contributed by atoms with E-state index in [2.05, 4.69) is 10.5 Å². The lowest BCUT2D eigenvalue weighted by molar-refractivity contribution is -0.120. The van der Waals surface area contributed by atoms with Crippen LogP contribution in [0.25, 0.3) is 11.3 Å². The topological polar surface area (TPSA) is 54.6 Å². The molecule has 0 saturated heterocycles. The highest BCUT2D eigenvalue weighted by molar-refractivity contribution is 7.99. The minimum atomic E-state index is -0.225. The molecule has 7 heteroatoms. The summed E-state index contributed by atoms with van der Waals surface area (Å²) < 4.78 is 5.70. The third-order valence-corrected chi connectivity index (χ3v) is 5.66. The normalized spacial score (nSPS) is 12.2. The van der Waals surface area contributed by atoms with Crippen LogP contribution in [0.1, 0.15) is 18.2 Å².